The molecule has 3 heterocycles. The zero-order chi connectivity index (χ0) is 25.7. The lowest BCUT2D eigenvalue weighted by molar-refractivity contribution is 0.0915. The van der Waals surface area contributed by atoms with Crippen LogP contribution in [0.1, 0.15) is 73.3 Å². The number of anilines is 1. The molecular weight excluding hydrogens is 474 g/mol. The van der Waals surface area contributed by atoms with Crippen LogP contribution in [0.3, 0.4) is 0 Å². The van der Waals surface area contributed by atoms with E-state index in [-0.39, 0.29) is 5.91 Å². The van der Waals surface area contributed by atoms with Crippen LogP contribution in [0.15, 0.2) is 59.2 Å². The Morgan fingerprint density at radius 1 is 0.921 bits per heavy atom. The number of piperidine rings is 1. The minimum Gasteiger partial charge on any atom is -0.464 e. The lowest BCUT2D eigenvalue weighted by Gasteiger charge is -2.37. The third kappa shape index (κ3) is 5.92. The van der Waals surface area contributed by atoms with Crippen molar-refractivity contribution in [1.82, 2.24) is 10.2 Å². The Labute approximate surface area is 226 Å². The quantitative estimate of drug-likeness (QED) is 0.410. The molecule has 202 valence electrons. The highest BCUT2D eigenvalue weighted by Crippen LogP contribution is 2.36. The molecule has 5 aliphatic rings. The minimum atomic E-state index is 0.0605. The number of nitrogens with zero attached hydrogens (tertiary/aromatic N) is 2. The van der Waals surface area contributed by atoms with Crippen molar-refractivity contribution >= 4 is 11.6 Å². The zero-order valence-corrected chi connectivity index (χ0v) is 22.4. The number of hydrogen-bond donors (Lipinski definition) is 1. The molecule has 0 radical (unpaired) electrons. The molecule has 6 rings (SSSR count). The monoisotopic (exact) mass is 515 g/mol. The molecule has 3 fully saturated rings. The highest BCUT2D eigenvalue weighted by molar-refractivity contribution is 5.94. The van der Waals surface area contributed by atoms with Gasteiger partial charge in [-0.3, -0.25) is 9.69 Å². The largest absolute Gasteiger partial charge is 0.464 e. The van der Waals surface area contributed by atoms with Gasteiger partial charge in [-0.05, 0) is 100 Å². The van der Waals surface area contributed by atoms with Crippen molar-refractivity contribution in [2.75, 3.05) is 44.3 Å². The van der Waals surface area contributed by atoms with Crippen LogP contribution in [0, 0.1) is 5.92 Å². The maximum Gasteiger partial charge on any atom is 0.251 e. The van der Waals surface area contributed by atoms with Crippen LogP contribution in [-0.2, 0) is 4.74 Å². The SMILES string of the molecule is O=C(N[C@H]1CC[C@H](CCN2CCCCC2c2coc3cccc-3c2)CC1)c1ccc(N2CCOCC2)cc1. The fourth-order valence-corrected chi connectivity index (χ4v) is 6.66. The van der Waals surface area contributed by atoms with Crippen molar-refractivity contribution in [3.05, 3.63) is 65.9 Å². The molecule has 0 bridgehead atoms. The van der Waals surface area contributed by atoms with Gasteiger partial charge in [0.15, 0.2) is 0 Å². The second-order valence-electron chi connectivity index (χ2n) is 11.4. The Morgan fingerprint density at radius 2 is 1.74 bits per heavy atom. The number of hydrogen-bond acceptors (Lipinski definition) is 5. The average Bonchev–Trinajstić information content (AvgIpc) is 3.46. The third-order valence-electron chi connectivity index (χ3n) is 8.96. The van der Waals surface area contributed by atoms with Crippen LogP contribution in [0.4, 0.5) is 5.69 Å². The van der Waals surface area contributed by atoms with Crippen molar-refractivity contribution in [2.45, 2.75) is 63.5 Å². The van der Waals surface area contributed by atoms with Gasteiger partial charge in [0.1, 0.15) is 5.76 Å². The summed E-state index contributed by atoms with van der Waals surface area (Å²) in [6.45, 7) is 5.69. The molecule has 1 aromatic rings. The summed E-state index contributed by atoms with van der Waals surface area (Å²) < 4.78 is 11.4. The summed E-state index contributed by atoms with van der Waals surface area (Å²) in [5, 5.41) is 3.31. The number of morpholine rings is 1. The summed E-state index contributed by atoms with van der Waals surface area (Å²) in [6, 6.07) is 17.4. The molecule has 1 atom stereocenters. The highest BCUT2D eigenvalue weighted by Gasteiger charge is 2.28. The van der Waals surface area contributed by atoms with E-state index in [4.69, 9.17) is 9.15 Å². The second-order valence-corrected chi connectivity index (χ2v) is 11.4. The molecule has 6 heteroatoms. The van der Waals surface area contributed by atoms with Gasteiger partial charge in [0.05, 0.1) is 19.5 Å². The van der Waals surface area contributed by atoms with Crippen molar-refractivity contribution in [1.29, 1.82) is 0 Å². The van der Waals surface area contributed by atoms with Crippen molar-refractivity contribution in [3.8, 4) is 11.3 Å². The Hall–Kier alpha value is -2.83. The van der Waals surface area contributed by atoms with Crippen molar-refractivity contribution in [2.24, 2.45) is 5.92 Å². The normalized spacial score (nSPS) is 24.9. The first-order valence-electron chi connectivity index (χ1n) is 14.7. The van der Waals surface area contributed by atoms with Gasteiger partial charge in [0.2, 0.25) is 0 Å². The summed E-state index contributed by atoms with van der Waals surface area (Å²) in [7, 11) is 0. The van der Waals surface area contributed by atoms with Crippen LogP contribution in [0.5, 0.6) is 0 Å². The molecule has 2 saturated heterocycles. The van der Waals surface area contributed by atoms with E-state index in [2.05, 4.69) is 45.4 Å². The second kappa shape index (κ2) is 11.9. The first kappa shape index (κ1) is 25.4. The first-order valence-corrected chi connectivity index (χ1v) is 14.7. The molecule has 2 aliphatic carbocycles. The number of likely N-dealkylation sites (tertiary alicyclic amines) is 1. The fraction of sp³-hybridized carbons (Fsp3) is 0.531. The van der Waals surface area contributed by atoms with Gasteiger partial charge in [-0.15, -0.1) is 0 Å². The van der Waals surface area contributed by atoms with E-state index < -0.39 is 0 Å². The van der Waals surface area contributed by atoms with E-state index in [1.807, 2.05) is 24.5 Å². The van der Waals surface area contributed by atoms with Gasteiger partial charge in [-0.2, -0.15) is 0 Å². The molecule has 0 aromatic heterocycles. The molecule has 1 saturated carbocycles. The molecule has 1 aromatic carbocycles. The zero-order valence-electron chi connectivity index (χ0n) is 22.4. The Bertz CT molecular complexity index is 1140. The summed E-state index contributed by atoms with van der Waals surface area (Å²) >= 11 is 0. The van der Waals surface area contributed by atoms with E-state index in [0.717, 1.165) is 62.9 Å². The predicted molar refractivity (Wildman–Crippen MR) is 151 cm³/mol. The minimum absolute atomic E-state index is 0.0605. The average molecular weight is 516 g/mol. The van der Waals surface area contributed by atoms with Gasteiger partial charge in [-0.1, -0.05) is 18.6 Å². The number of rotatable bonds is 7. The van der Waals surface area contributed by atoms with E-state index in [1.54, 1.807) is 0 Å². The van der Waals surface area contributed by atoms with E-state index in [1.165, 1.54) is 61.9 Å². The smallest absolute Gasteiger partial charge is 0.251 e. The number of nitrogens with one attached hydrogen (secondary N) is 1. The third-order valence-corrected chi connectivity index (χ3v) is 8.96. The van der Waals surface area contributed by atoms with Gasteiger partial charge in [0, 0.05) is 47.6 Å². The van der Waals surface area contributed by atoms with Crippen LogP contribution in [0.2, 0.25) is 0 Å². The molecule has 0 spiro atoms. The highest BCUT2D eigenvalue weighted by atomic mass is 16.5. The molecule has 1 N–H and O–H groups in total. The van der Waals surface area contributed by atoms with Gasteiger partial charge in [0.25, 0.3) is 5.91 Å². The summed E-state index contributed by atoms with van der Waals surface area (Å²) in [4.78, 5) is 17.9. The van der Waals surface area contributed by atoms with Crippen LogP contribution >= 0.6 is 0 Å². The number of fused-ring (bicyclic) bond motifs is 1. The molecular formula is C32H41N3O3. The number of benzene rings is 1. The Morgan fingerprint density at radius 3 is 2.55 bits per heavy atom. The van der Waals surface area contributed by atoms with Crippen LogP contribution in [0.25, 0.3) is 11.3 Å². The lowest BCUT2D eigenvalue weighted by atomic mass is 9.83. The Kier molecular flexibility index (Phi) is 7.98. The van der Waals surface area contributed by atoms with Gasteiger partial charge >= 0.3 is 0 Å². The van der Waals surface area contributed by atoms with Crippen molar-refractivity contribution in [3.63, 3.8) is 0 Å². The summed E-state index contributed by atoms with van der Waals surface area (Å²) in [5.74, 6) is 1.79. The first-order chi connectivity index (χ1) is 18.7. The molecule has 38 heavy (non-hydrogen) atoms. The van der Waals surface area contributed by atoms with Crippen molar-refractivity contribution < 1.29 is 13.9 Å². The molecule has 1 unspecified atom stereocenters. The maximum atomic E-state index is 12.9. The molecule has 1 amide bonds. The number of carbonyl (C=O) groups is 1. The standard InChI is InChI=1S/C32H41N3O3/c36-32(25-9-13-29(14-10-25)34-18-20-37-21-19-34)33-28-11-7-24(8-12-28)15-17-35-16-2-1-5-30(35)27-22-26-4-3-6-31(26)38-23-27/h3-4,6,9-10,13-14,22-24,28,30H,1-2,5,7-8,11-12,15-21H2,(H,33,36)/t24-,28-,30?. The number of carbonyl (C=O) groups excluding carboxylic acids is 1. The van der Waals surface area contributed by atoms with Gasteiger partial charge in [-0.25, -0.2) is 0 Å². The van der Waals surface area contributed by atoms with E-state index >= 15 is 0 Å². The number of ether oxygens (including phenoxy) is 1. The fourth-order valence-electron chi connectivity index (χ4n) is 6.66. The predicted octanol–water partition coefficient (Wildman–Crippen LogP) is 6.13. The maximum absolute atomic E-state index is 12.9. The topological polar surface area (TPSA) is 58.0 Å². The van der Waals surface area contributed by atoms with Crippen LogP contribution < -0.4 is 10.2 Å². The Balaban J connectivity index is 0.965. The summed E-state index contributed by atoms with van der Waals surface area (Å²) in [5.41, 5.74) is 4.46. The molecule has 3 aliphatic heterocycles. The van der Waals surface area contributed by atoms with Gasteiger partial charge < -0.3 is 19.4 Å². The summed E-state index contributed by atoms with van der Waals surface area (Å²) in [6.07, 6.45) is 11.6. The molecule has 6 nitrogen and oxygen atoms in total. The lowest BCUT2D eigenvalue weighted by Crippen LogP contribution is -2.39. The van der Waals surface area contributed by atoms with Crippen LogP contribution in [-0.4, -0.2) is 56.2 Å². The van der Waals surface area contributed by atoms with E-state index in [0.29, 0.717) is 12.1 Å². The number of amides is 1. The van der Waals surface area contributed by atoms with E-state index in [9.17, 15) is 4.79 Å².